The minimum atomic E-state index is -0.661. The quantitative estimate of drug-likeness (QED) is 0.338. The second kappa shape index (κ2) is 7.54. The lowest BCUT2D eigenvalue weighted by molar-refractivity contribution is -0.132. The highest BCUT2D eigenvalue weighted by molar-refractivity contribution is 6.43. The highest BCUT2D eigenvalue weighted by Crippen LogP contribution is 1.94. The first kappa shape index (κ1) is 13.3. The van der Waals surface area contributed by atoms with Gasteiger partial charge in [0.1, 0.15) is 7.11 Å². The standard InChI is InChI=1S/C14H11NO3/c1-17-14(16)13(15-18-2)11-7-6-10-12-8-4-3-5-9-12/h3-5,8-9H,1-2H3/b15-13+. The molecule has 0 amide bonds. The molecule has 0 spiro atoms. The summed E-state index contributed by atoms with van der Waals surface area (Å²) in [6, 6.07) is 9.38. The minimum absolute atomic E-state index is 0.123. The molecule has 0 unspecified atom stereocenters. The largest absolute Gasteiger partial charge is 0.464 e. The molecule has 0 saturated heterocycles. The van der Waals surface area contributed by atoms with Gasteiger partial charge in [-0.1, -0.05) is 29.3 Å². The molecule has 0 bridgehead atoms. The van der Waals surface area contributed by atoms with Crippen LogP contribution in [0, 0.1) is 23.7 Å². The Morgan fingerprint density at radius 2 is 1.89 bits per heavy atom. The molecule has 0 aliphatic carbocycles. The number of nitrogens with zero attached hydrogens (tertiary/aromatic N) is 1. The van der Waals surface area contributed by atoms with Gasteiger partial charge in [0.25, 0.3) is 0 Å². The van der Waals surface area contributed by atoms with Crippen LogP contribution in [0.2, 0.25) is 0 Å². The summed E-state index contributed by atoms with van der Waals surface area (Å²) in [5, 5.41) is 3.44. The van der Waals surface area contributed by atoms with Crippen molar-refractivity contribution in [1.82, 2.24) is 0 Å². The van der Waals surface area contributed by atoms with Crippen LogP contribution < -0.4 is 0 Å². The van der Waals surface area contributed by atoms with Gasteiger partial charge in [-0.05, 0) is 29.9 Å². The van der Waals surface area contributed by atoms with Gasteiger partial charge in [-0.25, -0.2) is 4.79 Å². The number of carbonyl (C=O) groups excluding carboxylic acids is 1. The van der Waals surface area contributed by atoms with Gasteiger partial charge in [0.15, 0.2) is 0 Å². The zero-order chi connectivity index (χ0) is 13.2. The van der Waals surface area contributed by atoms with Crippen molar-refractivity contribution in [2.75, 3.05) is 14.2 Å². The zero-order valence-electron chi connectivity index (χ0n) is 10.1. The Bertz CT molecular complexity index is 553. The molecule has 0 aliphatic rings. The van der Waals surface area contributed by atoms with Crippen LogP contribution in [0.25, 0.3) is 0 Å². The van der Waals surface area contributed by atoms with Gasteiger partial charge in [0, 0.05) is 5.56 Å². The highest BCUT2D eigenvalue weighted by atomic mass is 16.6. The Balaban J connectivity index is 2.79. The van der Waals surface area contributed by atoms with Crippen LogP contribution in [-0.2, 0) is 14.4 Å². The van der Waals surface area contributed by atoms with E-state index in [1.807, 2.05) is 30.3 Å². The van der Waals surface area contributed by atoms with Gasteiger partial charge in [-0.15, -0.1) is 0 Å². The third-order valence-corrected chi connectivity index (χ3v) is 1.79. The van der Waals surface area contributed by atoms with Crippen molar-refractivity contribution in [3.63, 3.8) is 0 Å². The first-order valence-corrected chi connectivity index (χ1v) is 5.04. The van der Waals surface area contributed by atoms with Crippen LogP contribution in [0.3, 0.4) is 0 Å². The van der Waals surface area contributed by atoms with Gasteiger partial charge >= 0.3 is 5.97 Å². The van der Waals surface area contributed by atoms with E-state index in [-0.39, 0.29) is 5.71 Å². The Labute approximate surface area is 106 Å². The molecular weight excluding hydrogens is 230 g/mol. The Kier molecular flexibility index (Phi) is 5.59. The molecule has 1 aromatic carbocycles. The van der Waals surface area contributed by atoms with Gasteiger partial charge in [-0.2, -0.15) is 0 Å². The fraction of sp³-hybridized carbons (Fsp3) is 0.143. The average molecular weight is 241 g/mol. The van der Waals surface area contributed by atoms with Crippen LogP contribution in [0.4, 0.5) is 0 Å². The van der Waals surface area contributed by atoms with Crippen LogP contribution >= 0.6 is 0 Å². The average Bonchev–Trinajstić information content (AvgIpc) is 2.42. The number of benzene rings is 1. The van der Waals surface area contributed by atoms with Gasteiger partial charge < -0.3 is 9.57 Å². The summed E-state index contributed by atoms with van der Waals surface area (Å²) in [4.78, 5) is 15.7. The minimum Gasteiger partial charge on any atom is -0.464 e. The molecule has 90 valence electrons. The van der Waals surface area contributed by atoms with E-state index in [4.69, 9.17) is 0 Å². The predicted molar refractivity (Wildman–Crippen MR) is 67.6 cm³/mol. The molecule has 4 heteroatoms. The molecule has 4 nitrogen and oxygen atoms in total. The van der Waals surface area contributed by atoms with Crippen LogP contribution in [0.1, 0.15) is 5.56 Å². The van der Waals surface area contributed by atoms with E-state index in [1.165, 1.54) is 14.2 Å². The zero-order valence-corrected chi connectivity index (χ0v) is 10.1. The smallest absolute Gasteiger partial charge is 0.369 e. The Morgan fingerprint density at radius 3 is 2.50 bits per heavy atom. The molecule has 0 radical (unpaired) electrons. The number of ether oxygens (including phenoxy) is 1. The lowest BCUT2D eigenvalue weighted by atomic mass is 10.2. The van der Waals surface area contributed by atoms with Gasteiger partial charge in [0.05, 0.1) is 7.11 Å². The highest BCUT2D eigenvalue weighted by Gasteiger charge is 2.08. The van der Waals surface area contributed by atoms with E-state index >= 15 is 0 Å². The maximum atomic E-state index is 11.2. The number of rotatable bonds is 2. The molecule has 0 N–H and O–H groups in total. The van der Waals surface area contributed by atoms with Crippen LogP contribution in [-0.4, -0.2) is 25.9 Å². The summed E-state index contributed by atoms with van der Waals surface area (Å²) in [5.41, 5.74) is 0.720. The van der Waals surface area contributed by atoms with Gasteiger partial charge in [-0.3, -0.25) is 0 Å². The van der Waals surface area contributed by atoms with E-state index in [2.05, 4.69) is 38.4 Å². The number of methoxy groups -OCH3 is 1. The summed E-state index contributed by atoms with van der Waals surface area (Å²) in [7, 11) is 2.56. The topological polar surface area (TPSA) is 47.9 Å². The maximum absolute atomic E-state index is 11.2. The van der Waals surface area contributed by atoms with E-state index < -0.39 is 5.97 Å². The molecule has 0 atom stereocenters. The third-order valence-electron chi connectivity index (χ3n) is 1.79. The van der Waals surface area contributed by atoms with Gasteiger partial charge in [0.2, 0.25) is 5.71 Å². The number of oxime groups is 1. The van der Waals surface area contributed by atoms with E-state index in [1.54, 1.807) is 0 Å². The molecule has 0 fully saturated rings. The summed E-state index contributed by atoms with van der Waals surface area (Å²) in [6.45, 7) is 0. The molecule has 0 heterocycles. The number of hydrogen-bond acceptors (Lipinski definition) is 4. The van der Waals surface area contributed by atoms with Crippen molar-refractivity contribution in [3.05, 3.63) is 35.9 Å². The van der Waals surface area contributed by atoms with E-state index in [9.17, 15) is 4.79 Å². The second-order valence-electron chi connectivity index (χ2n) is 2.98. The van der Waals surface area contributed by atoms with Crippen molar-refractivity contribution >= 4 is 11.7 Å². The first-order chi connectivity index (χ1) is 8.77. The normalized spacial score (nSPS) is 9.33. The molecule has 1 rings (SSSR count). The van der Waals surface area contributed by atoms with Crippen molar-refractivity contribution < 1.29 is 14.4 Å². The van der Waals surface area contributed by atoms with E-state index in [0.29, 0.717) is 0 Å². The molecule has 0 saturated carbocycles. The lowest BCUT2D eigenvalue weighted by Gasteiger charge is -1.93. The van der Waals surface area contributed by atoms with Crippen molar-refractivity contribution in [2.45, 2.75) is 0 Å². The summed E-state index contributed by atoms with van der Waals surface area (Å²) in [6.07, 6.45) is 0. The summed E-state index contributed by atoms with van der Waals surface area (Å²) in [5.74, 6) is 9.76. The van der Waals surface area contributed by atoms with Crippen molar-refractivity contribution in [3.8, 4) is 23.7 Å². The van der Waals surface area contributed by atoms with E-state index in [0.717, 1.165) is 5.56 Å². The van der Waals surface area contributed by atoms with Crippen LogP contribution in [0.5, 0.6) is 0 Å². The molecule has 0 aliphatic heterocycles. The summed E-state index contributed by atoms with van der Waals surface area (Å²) >= 11 is 0. The lowest BCUT2D eigenvalue weighted by Crippen LogP contribution is -2.13. The number of hydrogen-bond donors (Lipinski definition) is 0. The molecule has 1 aromatic rings. The molecular formula is C14H11NO3. The first-order valence-electron chi connectivity index (χ1n) is 5.04. The Morgan fingerprint density at radius 1 is 1.17 bits per heavy atom. The predicted octanol–water partition coefficient (Wildman–Crippen LogP) is 1.22. The number of carbonyl (C=O) groups is 1. The van der Waals surface area contributed by atoms with Crippen LogP contribution in [0.15, 0.2) is 35.5 Å². The summed E-state index contributed by atoms with van der Waals surface area (Å²) < 4.78 is 4.48. The SMILES string of the molecule is CO/N=C(\C#CC#Cc1ccccc1)C(=O)OC. The van der Waals surface area contributed by atoms with Crippen molar-refractivity contribution in [2.24, 2.45) is 5.16 Å². The number of esters is 1. The van der Waals surface area contributed by atoms with Crippen molar-refractivity contribution in [1.29, 1.82) is 0 Å². The Hall–Kier alpha value is -2.72. The second-order valence-corrected chi connectivity index (χ2v) is 2.98. The maximum Gasteiger partial charge on any atom is 0.369 e. The molecule has 0 aromatic heterocycles. The third kappa shape index (κ3) is 4.42. The fourth-order valence-corrected chi connectivity index (χ4v) is 1.01. The monoisotopic (exact) mass is 241 g/mol. The molecule has 18 heavy (non-hydrogen) atoms. The fourth-order valence-electron chi connectivity index (χ4n) is 1.01.